The number of carbonyl (C=O) groups excluding carboxylic acids is 1. The number of nitrogens with one attached hydrogen (secondary N) is 1. The van der Waals surface area contributed by atoms with E-state index < -0.39 is 0 Å². The Morgan fingerprint density at radius 3 is 2.72 bits per heavy atom. The monoisotopic (exact) mass is 418 g/mol. The maximum absolute atomic E-state index is 12.6. The maximum Gasteiger partial charge on any atom is 0.220 e. The summed E-state index contributed by atoms with van der Waals surface area (Å²) in [6, 6.07) is 8.20. The van der Waals surface area contributed by atoms with Gasteiger partial charge in [0.25, 0.3) is 0 Å². The van der Waals surface area contributed by atoms with Gasteiger partial charge < -0.3 is 10.2 Å². The minimum absolute atomic E-state index is 0.205. The van der Waals surface area contributed by atoms with Crippen molar-refractivity contribution < 1.29 is 4.79 Å². The third-order valence-corrected chi connectivity index (χ3v) is 7.12. The number of aryl methyl sites for hydroxylation is 1. The summed E-state index contributed by atoms with van der Waals surface area (Å²) in [4.78, 5) is 15.3. The van der Waals surface area contributed by atoms with E-state index in [1.807, 2.05) is 24.3 Å². The van der Waals surface area contributed by atoms with Crippen LogP contribution in [-0.4, -0.2) is 36.5 Å². The summed E-state index contributed by atoms with van der Waals surface area (Å²) in [6.07, 6.45) is 13.1. The molecule has 162 valence electrons. The number of nitrogens with zero attached hydrogens (tertiary/aromatic N) is 1. The molecule has 1 saturated heterocycles. The van der Waals surface area contributed by atoms with Gasteiger partial charge in [-0.25, -0.2) is 0 Å². The first-order valence-corrected chi connectivity index (χ1v) is 12.3. The van der Waals surface area contributed by atoms with Gasteiger partial charge >= 0.3 is 0 Å². The lowest BCUT2D eigenvalue weighted by Crippen LogP contribution is -2.48. The fourth-order valence-corrected chi connectivity index (χ4v) is 5.31. The molecule has 3 rings (SSSR count). The quantitative estimate of drug-likeness (QED) is 0.545. The number of likely N-dealkylation sites (tertiary alicyclic amines) is 1. The average molecular weight is 419 g/mol. The first kappa shape index (κ1) is 22.6. The van der Waals surface area contributed by atoms with E-state index in [1.54, 1.807) is 0 Å². The highest BCUT2D eigenvalue weighted by atomic mass is 35.5. The van der Waals surface area contributed by atoms with Crippen molar-refractivity contribution in [1.29, 1.82) is 0 Å². The van der Waals surface area contributed by atoms with Crippen LogP contribution in [0.3, 0.4) is 0 Å². The lowest BCUT2D eigenvalue weighted by atomic mass is 9.83. The van der Waals surface area contributed by atoms with Gasteiger partial charge in [0.2, 0.25) is 5.91 Å². The van der Waals surface area contributed by atoms with Gasteiger partial charge in [0.15, 0.2) is 0 Å². The molecule has 3 nitrogen and oxygen atoms in total. The molecule has 0 bridgehead atoms. The second-order valence-electron chi connectivity index (χ2n) is 9.26. The first-order valence-electron chi connectivity index (χ1n) is 11.9. The number of amides is 1. The number of hydrogen-bond donors (Lipinski definition) is 1. The molecule has 1 aliphatic carbocycles. The van der Waals surface area contributed by atoms with Gasteiger partial charge in [-0.05, 0) is 74.6 Å². The Kier molecular flexibility index (Phi) is 9.33. The van der Waals surface area contributed by atoms with Crippen molar-refractivity contribution >= 4 is 17.5 Å². The van der Waals surface area contributed by atoms with Crippen molar-refractivity contribution in [2.75, 3.05) is 19.6 Å². The van der Waals surface area contributed by atoms with E-state index in [-0.39, 0.29) is 5.91 Å². The number of carbonyl (C=O) groups is 1. The van der Waals surface area contributed by atoms with Gasteiger partial charge in [-0.15, -0.1) is 0 Å². The van der Waals surface area contributed by atoms with E-state index >= 15 is 0 Å². The van der Waals surface area contributed by atoms with Crippen molar-refractivity contribution in [2.24, 2.45) is 11.8 Å². The topological polar surface area (TPSA) is 32.3 Å². The molecule has 1 aliphatic heterocycles. The zero-order chi connectivity index (χ0) is 20.5. The minimum atomic E-state index is 0.205. The van der Waals surface area contributed by atoms with Gasteiger partial charge in [-0.3, -0.25) is 4.79 Å². The molecule has 2 fully saturated rings. The van der Waals surface area contributed by atoms with Crippen molar-refractivity contribution in [1.82, 2.24) is 10.2 Å². The Morgan fingerprint density at radius 2 is 1.93 bits per heavy atom. The van der Waals surface area contributed by atoms with Crippen LogP contribution in [0.4, 0.5) is 0 Å². The number of hydrogen-bond acceptors (Lipinski definition) is 2. The van der Waals surface area contributed by atoms with Crippen LogP contribution in [0.1, 0.15) is 76.7 Å². The summed E-state index contributed by atoms with van der Waals surface area (Å²) in [6.45, 7) is 5.98. The van der Waals surface area contributed by atoms with Crippen LogP contribution in [0.25, 0.3) is 0 Å². The van der Waals surface area contributed by atoms with Gasteiger partial charge in [-0.2, -0.15) is 0 Å². The molecule has 3 atom stereocenters. The van der Waals surface area contributed by atoms with Crippen molar-refractivity contribution in [3.63, 3.8) is 0 Å². The Hall–Kier alpha value is -1.06. The SMILES string of the molecule is CCCCC1CCCN(CC2CCCCC2NC(=O)CCc2ccc(Cl)cc2)C1. The Bertz CT molecular complexity index is 618. The highest BCUT2D eigenvalue weighted by molar-refractivity contribution is 6.30. The lowest BCUT2D eigenvalue weighted by molar-refractivity contribution is -0.122. The summed E-state index contributed by atoms with van der Waals surface area (Å²) in [7, 11) is 0. The Labute approximate surface area is 182 Å². The van der Waals surface area contributed by atoms with Gasteiger partial charge in [0.1, 0.15) is 0 Å². The molecule has 0 spiro atoms. The van der Waals surface area contributed by atoms with Crippen LogP contribution in [-0.2, 0) is 11.2 Å². The molecule has 1 heterocycles. The molecule has 1 saturated carbocycles. The number of halogens is 1. The molecule has 29 heavy (non-hydrogen) atoms. The van der Waals surface area contributed by atoms with Gasteiger partial charge in [0.05, 0.1) is 0 Å². The highest BCUT2D eigenvalue weighted by Crippen LogP contribution is 2.28. The zero-order valence-corrected chi connectivity index (χ0v) is 18.9. The normalized spacial score (nSPS) is 25.7. The molecule has 1 aromatic carbocycles. The van der Waals surface area contributed by atoms with E-state index in [9.17, 15) is 4.79 Å². The first-order chi connectivity index (χ1) is 14.1. The molecule has 0 aromatic heterocycles. The smallest absolute Gasteiger partial charge is 0.220 e. The van der Waals surface area contributed by atoms with Crippen LogP contribution in [0.2, 0.25) is 5.02 Å². The molecule has 0 radical (unpaired) electrons. The summed E-state index contributed by atoms with van der Waals surface area (Å²) in [5.41, 5.74) is 1.18. The maximum atomic E-state index is 12.6. The van der Waals surface area contributed by atoms with Crippen LogP contribution in [0, 0.1) is 11.8 Å². The van der Waals surface area contributed by atoms with Crippen LogP contribution in [0.5, 0.6) is 0 Å². The Morgan fingerprint density at radius 1 is 1.14 bits per heavy atom. The number of benzene rings is 1. The van der Waals surface area contributed by atoms with Gasteiger partial charge in [0, 0.05) is 30.6 Å². The van der Waals surface area contributed by atoms with E-state index in [0.717, 1.165) is 23.8 Å². The Balaban J connectivity index is 1.46. The summed E-state index contributed by atoms with van der Waals surface area (Å²) >= 11 is 5.95. The van der Waals surface area contributed by atoms with Crippen molar-refractivity contribution in [3.8, 4) is 0 Å². The zero-order valence-electron chi connectivity index (χ0n) is 18.2. The third kappa shape index (κ3) is 7.61. The summed E-state index contributed by atoms with van der Waals surface area (Å²) in [5, 5.41) is 4.14. The molecule has 2 aliphatic rings. The predicted molar refractivity (Wildman–Crippen MR) is 122 cm³/mol. The predicted octanol–water partition coefficient (Wildman–Crippen LogP) is 5.85. The third-order valence-electron chi connectivity index (χ3n) is 6.87. The van der Waals surface area contributed by atoms with E-state index in [4.69, 9.17) is 11.6 Å². The van der Waals surface area contributed by atoms with Crippen molar-refractivity contribution in [3.05, 3.63) is 34.9 Å². The van der Waals surface area contributed by atoms with Crippen molar-refractivity contribution in [2.45, 2.75) is 83.6 Å². The molecule has 1 aromatic rings. The molecule has 1 N–H and O–H groups in total. The summed E-state index contributed by atoms with van der Waals surface area (Å²) in [5.74, 6) is 1.71. The molecule has 3 unspecified atom stereocenters. The second-order valence-corrected chi connectivity index (χ2v) is 9.69. The molecular weight excluding hydrogens is 380 g/mol. The van der Waals surface area contributed by atoms with Gasteiger partial charge in [-0.1, -0.05) is 56.3 Å². The lowest BCUT2D eigenvalue weighted by Gasteiger charge is -2.39. The van der Waals surface area contributed by atoms with E-state index in [0.29, 0.717) is 18.4 Å². The minimum Gasteiger partial charge on any atom is -0.353 e. The van der Waals surface area contributed by atoms with Crippen LogP contribution >= 0.6 is 11.6 Å². The number of unbranched alkanes of at least 4 members (excludes halogenated alkanes) is 1. The fourth-order valence-electron chi connectivity index (χ4n) is 5.18. The number of rotatable bonds is 9. The molecular formula is C25H39ClN2O. The standard InChI is InChI=1S/C25H39ClN2O/c1-2-3-7-21-8-6-17-28(18-21)19-22-9-4-5-10-24(22)27-25(29)16-13-20-11-14-23(26)15-12-20/h11-12,14-15,21-22,24H,2-10,13,16-19H2,1H3,(H,27,29). The molecule has 1 amide bonds. The number of piperidine rings is 1. The van der Waals surface area contributed by atoms with E-state index in [1.165, 1.54) is 76.6 Å². The molecule has 4 heteroatoms. The van der Waals surface area contributed by atoms with Crippen LogP contribution < -0.4 is 5.32 Å². The second kappa shape index (κ2) is 12.0. The highest BCUT2D eigenvalue weighted by Gasteiger charge is 2.29. The fraction of sp³-hybridized carbons (Fsp3) is 0.720. The summed E-state index contributed by atoms with van der Waals surface area (Å²) < 4.78 is 0. The average Bonchev–Trinajstić information content (AvgIpc) is 2.73. The largest absolute Gasteiger partial charge is 0.353 e. The van der Waals surface area contributed by atoms with E-state index in [2.05, 4.69) is 17.1 Å². The van der Waals surface area contributed by atoms with Crippen LogP contribution in [0.15, 0.2) is 24.3 Å².